The number of nitrogens with zero attached hydrogens (tertiary/aromatic N) is 3. The van der Waals surface area contributed by atoms with Gasteiger partial charge < -0.3 is 10.4 Å². The summed E-state index contributed by atoms with van der Waals surface area (Å²) in [6.07, 6.45) is 0. The molecular weight excluding hydrogens is 511 g/mol. The lowest BCUT2D eigenvalue weighted by Crippen LogP contribution is -2.14. The molecule has 1 amide bonds. The van der Waals surface area contributed by atoms with Gasteiger partial charge in [-0.1, -0.05) is 42.1 Å². The van der Waals surface area contributed by atoms with Crippen molar-refractivity contribution < 1.29 is 9.90 Å². The van der Waals surface area contributed by atoms with Crippen LogP contribution in [-0.2, 0) is 4.79 Å². The van der Waals surface area contributed by atoms with Gasteiger partial charge in [-0.25, -0.2) is 0 Å². The summed E-state index contributed by atoms with van der Waals surface area (Å²) in [7, 11) is 0. The maximum atomic E-state index is 12.4. The van der Waals surface area contributed by atoms with Crippen LogP contribution in [0.4, 0.5) is 5.69 Å². The molecule has 0 aliphatic heterocycles. The van der Waals surface area contributed by atoms with Gasteiger partial charge in [-0.2, -0.15) is 0 Å². The van der Waals surface area contributed by atoms with Crippen molar-refractivity contribution in [1.29, 1.82) is 0 Å². The highest BCUT2D eigenvalue weighted by molar-refractivity contribution is 14.1. The van der Waals surface area contributed by atoms with Gasteiger partial charge in [0.1, 0.15) is 5.75 Å². The highest BCUT2D eigenvalue weighted by atomic mass is 127. The Morgan fingerprint density at radius 1 is 0.967 bits per heavy atom. The lowest BCUT2D eigenvalue weighted by molar-refractivity contribution is -0.113. The summed E-state index contributed by atoms with van der Waals surface area (Å²) in [5.41, 5.74) is 2.17. The number of amides is 1. The summed E-state index contributed by atoms with van der Waals surface area (Å²) < 4.78 is 2.95. The highest BCUT2D eigenvalue weighted by Gasteiger charge is 2.19. The minimum Gasteiger partial charge on any atom is -0.507 e. The fourth-order valence-electron chi connectivity index (χ4n) is 2.87. The fourth-order valence-corrected chi connectivity index (χ4v) is 3.98. The van der Waals surface area contributed by atoms with E-state index in [0.717, 1.165) is 14.9 Å². The number of carbonyl (C=O) groups excluding carboxylic acids is 1. The Labute approximate surface area is 191 Å². The summed E-state index contributed by atoms with van der Waals surface area (Å²) in [5.74, 6) is 0.681. The van der Waals surface area contributed by atoms with Crippen molar-refractivity contribution in [3.8, 4) is 22.8 Å². The Morgan fingerprint density at radius 3 is 2.40 bits per heavy atom. The van der Waals surface area contributed by atoms with Crippen LogP contribution in [0, 0.1) is 3.57 Å². The molecule has 0 aliphatic carbocycles. The zero-order chi connectivity index (χ0) is 20.9. The van der Waals surface area contributed by atoms with Crippen LogP contribution >= 0.6 is 34.4 Å². The molecule has 1 aromatic heterocycles. The molecular formula is C22H17IN4O2S. The van der Waals surface area contributed by atoms with E-state index in [9.17, 15) is 9.90 Å². The van der Waals surface area contributed by atoms with Crippen LogP contribution in [0.1, 0.15) is 0 Å². The fraction of sp³-hybridized carbons (Fsp3) is 0.0455. The van der Waals surface area contributed by atoms with Crippen molar-refractivity contribution in [3.05, 3.63) is 82.4 Å². The quantitative estimate of drug-likeness (QED) is 0.273. The number of phenols is 1. The molecule has 0 atom stereocenters. The zero-order valence-corrected chi connectivity index (χ0v) is 18.7. The van der Waals surface area contributed by atoms with Gasteiger partial charge in [0.05, 0.1) is 11.3 Å². The molecule has 1 heterocycles. The smallest absolute Gasteiger partial charge is 0.234 e. The average Bonchev–Trinajstić information content (AvgIpc) is 3.18. The number of hydrogen-bond acceptors (Lipinski definition) is 5. The van der Waals surface area contributed by atoms with Crippen LogP contribution in [-0.4, -0.2) is 31.5 Å². The molecule has 0 spiro atoms. The van der Waals surface area contributed by atoms with Gasteiger partial charge in [0.25, 0.3) is 0 Å². The molecule has 8 heteroatoms. The monoisotopic (exact) mass is 528 g/mol. The number of para-hydroxylation sites is 2. The van der Waals surface area contributed by atoms with Crippen LogP contribution < -0.4 is 5.32 Å². The van der Waals surface area contributed by atoms with Gasteiger partial charge >= 0.3 is 0 Å². The average molecular weight is 528 g/mol. The van der Waals surface area contributed by atoms with E-state index in [-0.39, 0.29) is 17.4 Å². The first-order chi connectivity index (χ1) is 14.6. The molecule has 2 N–H and O–H groups in total. The minimum atomic E-state index is -0.132. The Morgan fingerprint density at radius 2 is 1.67 bits per heavy atom. The van der Waals surface area contributed by atoms with Gasteiger partial charge in [0, 0.05) is 14.9 Å². The van der Waals surface area contributed by atoms with E-state index in [2.05, 4.69) is 38.1 Å². The minimum absolute atomic E-state index is 0.120. The predicted molar refractivity (Wildman–Crippen MR) is 127 cm³/mol. The van der Waals surface area contributed by atoms with Crippen molar-refractivity contribution in [3.63, 3.8) is 0 Å². The molecule has 0 unspecified atom stereocenters. The second kappa shape index (κ2) is 9.31. The second-order valence-corrected chi connectivity index (χ2v) is 8.53. The lowest BCUT2D eigenvalue weighted by atomic mass is 10.2. The number of aromatic nitrogens is 3. The Hall–Kier alpha value is -2.85. The van der Waals surface area contributed by atoms with E-state index in [4.69, 9.17) is 0 Å². The molecule has 0 saturated carbocycles. The number of carbonyl (C=O) groups is 1. The van der Waals surface area contributed by atoms with Gasteiger partial charge in [0.2, 0.25) is 5.91 Å². The predicted octanol–water partition coefficient (Wildman–Crippen LogP) is 4.98. The van der Waals surface area contributed by atoms with Crippen molar-refractivity contribution in [1.82, 2.24) is 14.8 Å². The summed E-state index contributed by atoms with van der Waals surface area (Å²) in [6.45, 7) is 0. The van der Waals surface area contributed by atoms with E-state index in [0.29, 0.717) is 16.5 Å². The third kappa shape index (κ3) is 4.65. The maximum absolute atomic E-state index is 12.4. The van der Waals surface area contributed by atoms with E-state index in [1.807, 2.05) is 65.2 Å². The number of hydrogen-bond donors (Lipinski definition) is 2. The molecule has 0 aliphatic rings. The number of nitrogens with one attached hydrogen (secondary N) is 1. The number of thioether (sulfide) groups is 1. The van der Waals surface area contributed by atoms with Crippen molar-refractivity contribution in [2.45, 2.75) is 5.16 Å². The molecule has 4 aromatic rings. The van der Waals surface area contributed by atoms with Crippen molar-refractivity contribution in [2.24, 2.45) is 0 Å². The van der Waals surface area contributed by atoms with Gasteiger partial charge in [-0.05, 0) is 71.1 Å². The number of aromatic hydroxyl groups is 1. The third-order valence-corrected chi connectivity index (χ3v) is 5.90. The zero-order valence-electron chi connectivity index (χ0n) is 15.7. The number of benzene rings is 3. The number of phenolic OH excluding ortho intramolecular Hbond substituents is 1. The first-order valence-corrected chi connectivity index (χ1v) is 11.2. The molecule has 0 radical (unpaired) electrons. The summed E-state index contributed by atoms with van der Waals surface area (Å²) in [5, 5.41) is 22.3. The first-order valence-electron chi connectivity index (χ1n) is 9.09. The van der Waals surface area contributed by atoms with E-state index in [1.54, 1.807) is 18.2 Å². The number of anilines is 1. The van der Waals surface area contributed by atoms with Crippen molar-refractivity contribution in [2.75, 3.05) is 11.1 Å². The normalized spacial score (nSPS) is 10.7. The van der Waals surface area contributed by atoms with Crippen molar-refractivity contribution >= 4 is 45.9 Å². The van der Waals surface area contributed by atoms with Crippen LogP contribution in [0.5, 0.6) is 5.75 Å². The van der Waals surface area contributed by atoms with E-state index in [1.165, 1.54) is 11.8 Å². The molecule has 0 saturated heterocycles. The van der Waals surface area contributed by atoms with E-state index < -0.39 is 0 Å². The highest BCUT2D eigenvalue weighted by Crippen LogP contribution is 2.32. The Balaban J connectivity index is 1.59. The van der Waals surface area contributed by atoms with E-state index >= 15 is 0 Å². The molecule has 4 rings (SSSR count). The van der Waals surface area contributed by atoms with Gasteiger partial charge in [-0.3, -0.25) is 9.36 Å². The van der Waals surface area contributed by atoms with Crippen LogP contribution in [0.3, 0.4) is 0 Å². The van der Waals surface area contributed by atoms with Crippen LogP contribution in [0.25, 0.3) is 17.1 Å². The van der Waals surface area contributed by atoms with Gasteiger partial charge in [0.15, 0.2) is 11.0 Å². The molecule has 150 valence electrons. The summed E-state index contributed by atoms with van der Waals surface area (Å²) in [4.78, 5) is 12.4. The summed E-state index contributed by atoms with van der Waals surface area (Å²) in [6, 6.07) is 24.2. The molecule has 6 nitrogen and oxygen atoms in total. The second-order valence-electron chi connectivity index (χ2n) is 6.34. The molecule has 3 aromatic carbocycles. The first kappa shape index (κ1) is 20.4. The van der Waals surface area contributed by atoms with Crippen LogP contribution in [0.15, 0.2) is 84.0 Å². The number of rotatable bonds is 6. The largest absolute Gasteiger partial charge is 0.507 e. The van der Waals surface area contributed by atoms with Gasteiger partial charge in [-0.15, -0.1) is 10.2 Å². The van der Waals surface area contributed by atoms with Crippen LogP contribution in [0.2, 0.25) is 0 Å². The summed E-state index contributed by atoms with van der Waals surface area (Å²) >= 11 is 3.51. The molecule has 0 bridgehead atoms. The SMILES string of the molecule is O=C(CSc1nnc(-c2ccccc2O)n1-c1ccccc1)Nc1ccc(I)cc1. The molecule has 0 fully saturated rings. The number of halogens is 1. The maximum Gasteiger partial charge on any atom is 0.234 e. The Bertz CT molecular complexity index is 1160. The lowest BCUT2D eigenvalue weighted by Gasteiger charge is -2.11. The molecule has 30 heavy (non-hydrogen) atoms. The third-order valence-electron chi connectivity index (χ3n) is 4.25. The Kier molecular flexibility index (Phi) is 6.34. The topological polar surface area (TPSA) is 80.0 Å². The standard InChI is InChI=1S/C22H17IN4O2S/c23-15-10-12-16(13-11-15)24-20(29)14-30-22-26-25-21(18-8-4-5-9-19(18)28)27(22)17-6-2-1-3-7-17/h1-13,28H,14H2,(H,24,29).